The third-order valence-corrected chi connectivity index (χ3v) is 2.68. The Balaban J connectivity index is 1.93. The molecule has 1 fully saturated rings. The maximum atomic E-state index is 6.00. The summed E-state index contributed by atoms with van der Waals surface area (Å²) < 4.78 is 0. The second-order valence-corrected chi connectivity index (χ2v) is 4.12. The Kier molecular flexibility index (Phi) is 3.11. The normalized spacial score (nSPS) is 16.5. The summed E-state index contributed by atoms with van der Waals surface area (Å²) in [4.78, 5) is 4.23. The van der Waals surface area contributed by atoms with Crippen molar-refractivity contribution in [3.8, 4) is 0 Å². The Hall–Kier alpha value is -1.22. The zero-order valence-electron chi connectivity index (χ0n) is 8.41. The third kappa shape index (κ3) is 3.13. The molecule has 0 amide bonds. The smallest absolute Gasteiger partial charge is 0.189 e. The number of halogens is 1. The van der Waals surface area contributed by atoms with Gasteiger partial charge in [0.1, 0.15) is 0 Å². The molecule has 0 aromatic heterocycles. The summed E-state index contributed by atoms with van der Waals surface area (Å²) in [6.07, 6.45) is 2.39. The minimum Gasteiger partial charge on any atom is -0.370 e. The molecule has 1 aliphatic rings. The first kappa shape index (κ1) is 10.3. The number of benzene rings is 1. The van der Waals surface area contributed by atoms with Gasteiger partial charge in [-0.1, -0.05) is 29.8 Å². The molecule has 0 heterocycles. The lowest BCUT2D eigenvalue weighted by Gasteiger charge is -2.04. The van der Waals surface area contributed by atoms with Crippen molar-refractivity contribution in [2.24, 2.45) is 10.7 Å². The zero-order valence-corrected chi connectivity index (χ0v) is 9.17. The standard InChI is InChI=1S/C11H14ClN3/c12-10-4-2-1-3-8(10)7-14-11(13)15-9-5-6-9/h1-4,9H,5-7H2,(H3,13,14,15). The molecule has 1 saturated carbocycles. The molecule has 0 aliphatic heterocycles. The molecule has 2 rings (SSSR count). The van der Waals surface area contributed by atoms with Gasteiger partial charge in [-0.05, 0) is 24.5 Å². The largest absolute Gasteiger partial charge is 0.370 e. The van der Waals surface area contributed by atoms with Crippen molar-refractivity contribution in [1.82, 2.24) is 5.32 Å². The van der Waals surface area contributed by atoms with E-state index < -0.39 is 0 Å². The van der Waals surface area contributed by atoms with Crippen LogP contribution in [0.2, 0.25) is 5.02 Å². The molecule has 0 saturated heterocycles. The van der Waals surface area contributed by atoms with E-state index in [0.717, 1.165) is 10.6 Å². The molecule has 0 spiro atoms. The van der Waals surface area contributed by atoms with Gasteiger partial charge in [0.2, 0.25) is 0 Å². The van der Waals surface area contributed by atoms with E-state index in [0.29, 0.717) is 18.5 Å². The van der Waals surface area contributed by atoms with Gasteiger partial charge >= 0.3 is 0 Å². The van der Waals surface area contributed by atoms with Crippen LogP contribution in [0.4, 0.5) is 0 Å². The van der Waals surface area contributed by atoms with Crippen LogP contribution in [0.15, 0.2) is 29.3 Å². The van der Waals surface area contributed by atoms with Gasteiger partial charge in [0, 0.05) is 11.1 Å². The van der Waals surface area contributed by atoms with Crippen molar-refractivity contribution in [1.29, 1.82) is 0 Å². The molecule has 4 heteroatoms. The highest BCUT2D eigenvalue weighted by molar-refractivity contribution is 6.31. The van der Waals surface area contributed by atoms with Crippen molar-refractivity contribution in [2.45, 2.75) is 25.4 Å². The number of guanidine groups is 1. The monoisotopic (exact) mass is 223 g/mol. The second kappa shape index (κ2) is 4.53. The zero-order chi connectivity index (χ0) is 10.7. The third-order valence-electron chi connectivity index (χ3n) is 2.31. The summed E-state index contributed by atoms with van der Waals surface area (Å²) in [5, 5.41) is 3.86. The predicted molar refractivity (Wildman–Crippen MR) is 62.9 cm³/mol. The molecule has 0 atom stereocenters. The average Bonchev–Trinajstić information content (AvgIpc) is 3.00. The molecule has 3 N–H and O–H groups in total. The van der Waals surface area contributed by atoms with Crippen LogP contribution in [-0.2, 0) is 6.54 Å². The SMILES string of the molecule is NC(=NCc1ccccc1Cl)NC1CC1. The van der Waals surface area contributed by atoms with Gasteiger partial charge in [-0.3, -0.25) is 0 Å². The van der Waals surface area contributed by atoms with Crippen LogP contribution in [0.5, 0.6) is 0 Å². The fourth-order valence-electron chi connectivity index (χ4n) is 1.28. The lowest BCUT2D eigenvalue weighted by atomic mass is 10.2. The first-order chi connectivity index (χ1) is 7.25. The van der Waals surface area contributed by atoms with Gasteiger partial charge in [-0.2, -0.15) is 0 Å². The summed E-state index contributed by atoms with van der Waals surface area (Å²) >= 11 is 6.00. The Morgan fingerprint density at radius 3 is 2.87 bits per heavy atom. The summed E-state index contributed by atoms with van der Waals surface area (Å²) in [5.74, 6) is 0.511. The Bertz CT molecular complexity index is 372. The molecule has 0 radical (unpaired) electrons. The van der Waals surface area contributed by atoms with Crippen molar-refractivity contribution in [2.75, 3.05) is 0 Å². The number of nitrogens with two attached hydrogens (primary N) is 1. The van der Waals surface area contributed by atoms with E-state index in [2.05, 4.69) is 10.3 Å². The minimum atomic E-state index is 0.511. The van der Waals surface area contributed by atoms with E-state index in [9.17, 15) is 0 Å². The van der Waals surface area contributed by atoms with E-state index in [-0.39, 0.29) is 0 Å². The molecule has 80 valence electrons. The maximum absolute atomic E-state index is 6.00. The number of rotatable bonds is 3. The van der Waals surface area contributed by atoms with Crippen LogP contribution in [0.3, 0.4) is 0 Å². The maximum Gasteiger partial charge on any atom is 0.189 e. The molecule has 1 aromatic rings. The Morgan fingerprint density at radius 2 is 2.20 bits per heavy atom. The second-order valence-electron chi connectivity index (χ2n) is 3.71. The lowest BCUT2D eigenvalue weighted by molar-refractivity contribution is 0.879. The lowest BCUT2D eigenvalue weighted by Crippen LogP contribution is -2.33. The number of aliphatic imine (C=N–C) groups is 1. The van der Waals surface area contributed by atoms with E-state index in [1.807, 2.05) is 24.3 Å². The fraction of sp³-hybridized carbons (Fsp3) is 0.364. The summed E-state index contributed by atoms with van der Waals surface area (Å²) in [5.41, 5.74) is 6.71. The van der Waals surface area contributed by atoms with Crippen LogP contribution in [0.1, 0.15) is 18.4 Å². The first-order valence-corrected chi connectivity index (χ1v) is 5.43. The van der Waals surface area contributed by atoms with Crippen molar-refractivity contribution in [3.63, 3.8) is 0 Å². The van der Waals surface area contributed by atoms with Crippen LogP contribution in [0, 0.1) is 0 Å². The van der Waals surface area contributed by atoms with E-state index in [1.165, 1.54) is 12.8 Å². The number of nitrogens with one attached hydrogen (secondary N) is 1. The quantitative estimate of drug-likeness (QED) is 0.608. The molecular formula is C11H14ClN3. The summed E-state index contributed by atoms with van der Waals surface area (Å²) in [6, 6.07) is 8.20. The highest BCUT2D eigenvalue weighted by atomic mass is 35.5. The minimum absolute atomic E-state index is 0.511. The molecule has 0 bridgehead atoms. The van der Waals surface area contributed by atoms with Crippen LogP contribution in [-0.4, -0.2) is 12.0 Å². The highest BCUT2D eigenvalue weighted by Gasteiger charge is 2.21. The fourth-order valence-corrected chi connectivity index (χ4v) is 1.47. The van der Waals surface area contributed by atoms with Crippen LogP contribution < -0.4 is 11.1 Å². The highest BCUT2D eigenvalue weighted by Crippen LogP contribution is 2.18. The van der Waals surface area contributed by atoms with E-state index in [1.54, 1.807) is 0 Å². The van der Waals surface area contributed by atoms with Crippen LogP contribution >= 0.6 is 11.6 Å². The molecular weight excluding hydrogens is 210 g/mol. The van der Waals surface area contributed by atoms with Gasteiger partial charge in [0.05, 0.1) is 6.54 Å². The van der Waals surface area contributed by atoms with E-state index >= 15 is 0 Å². The van der Waals surface area contributed by atoms with Gasteiger partial charge < -0.3 is 11.1 Å². The first-order valence-electron chi connectivity index (χ1n) is 5.05. The van der Waals surface area contributed by atoms with Crippen LogP contribution in [0.25, 0.3) is 0 Å². The van der Waals surface area contributed by atoms with Crippen molar-refractivity contribution < 1.29 is 0 Å². The number of nitrogens with zero attached hydrogens (tertiary/aromatic N) is 1. The average molecular weight is 224 g/mol. The molecule has 3 nitrogen and oxygen atoms in total. The van der Waals surface area contributed by atoms with Gasteiger partial charge in [0.15, 0.2) is 5.96 Å². The number of hydrogen-bond donors (Lipinski definition) is 2. The Labute approximate surface area is 94.3 Å². The number of hydrogen-bond acceptors (Lipinski definition) is 1. The molecule has 1 aromatic carbocycles. The Morgan fingerprint density at radius 1 is 1.47 bits per heavy atom. The van der Waals surface area contributed by atoms with Crippen molar-refractivity contribution in [3.05, 3.63) is 34.9 Å². The molecule has 1 aliphatic carbocycles. The van der Waals surface area contributed by atoms with Gasteiger partial charge in [-0.25, -0.2) is 4.99 Å². The molecule has 15 heavy (non-hydrogen) atoms. The van der Waals surface area contributed by atoms with Gasteiger partial charge in [0.25, 0.3) is 0 Å². The topological polar surface area (TPSA) is 50.4 Å². The summed E-state index contributed by atoms with van der Waals surface area (Å²) in [7, 11) is 0. The summed E-state index contributed by atoms with van der Waals surface area (Å²) in [6.45, 7) is 0.533. The van der Waals surface area contributed by atoms with Gasteiger partial charge in [-0.15, -0.1) is 0 Å². The molecule has 0 unspecified atom stereocenters. The predicted octanol–water partition coefficient (Wildman–Crippen LogP) is 1.91. The van der Waals surface area contributed by atoms with E-state index in [4.69, 9.17) is 17.3 Å². The van der Waals surface area contributed by atoms with Crippen molar-refractivity contribution >= 4 is 17.6 Å².